The second kappa shape index (κ2) is 6.17. The monoisotopic (exact) mass is 364 g/mol. The second-order valence-electron chi connectivity index (χ2n) is 4.33. The number of hydrogen-bond donors (Lipinski definition) is 1. The molecule has 1 aromatic carbocycles. The van der Waals surface area contributed by atoms with Crippen LogP contribution in [0.1, 0.15) is 15.9 Å². The van der Waals surface area contributed by atoms with Crippen LogP contribution in [0.3, 0.4) is 0 Å². The maximum absolute atomic E-state index is 12.6. The van der Waals surface area contributed by atoms with Crippen molar-refractivity contribution in [1.82, 2.24) is 9.71 Å². The third-order valence-electron chi connectivity index (χ3n) is 2.69. The number of carbonyl (C=O) groups excluding carboxylic acids is 1. The van der Waals surface area contributed by atoms with Gasteiger partial charge in [-0.15, -0.1) is 0 Å². The minimum atomic E-state index is -4.70. The molecule has 0 unspecified atom stereocenters. The zero-order valence-corrected chi connectivity index (χ0v) is 12.7. The van der Waals surface area contributed by atoms with Crippen molar-refractivity contribution in [3.05, 3.63) is 58.9 Å². The van der Waals surface area contributed by atoms with E-state index in [1.54, 1.807) is 4.72 Å². The molecule has 0 fully saturated rings. The van der Waals surface area contributed by atoms with Crippen molar-refractivity contribution in [2.45, 2.75) is 11.1 Å². The number of carbonyl (C=O) groups is 1. The van der Waals surface area contributed by atoms with E-state index in [0.29, 0.717) is 6.07 Å². The van der Waals surface area contributed by atoms with Crippen LogP contribution < -0.4 is 4.72 Å². The molecule has 1 N–H and O–H groups in total. The first kappa shape index (κ1) is 17.2. The van der Waals surface area contributed by atoms with Crippen molar-refractivity contribution in [3.63, 3.8) is 0 Å². The number of alkyl halides is 3. The summed E-state index contributed by atoms with van der Waals surface area (Å²) in [5.41, 5.74) is -1.24. The minimum absolute atomic E-state index is 0.0332. The number of hydrogen-bond acceptors (Lipinski definition) is 4. The van der Waals surface area contributed by atoms with Crippen LogP contribution >= 0.6 is 11.6 Å². The minimum Gasteiger partial charge on any atom is -0.268 e. The highest BCUT2D eigenvalue weighted by Crippen LogP contribution is 2.30. The summed E-state index contributed by atoms with van der Waals surface area (Å²) < 4.78 is 63.6. The van der Waals surface area contributed by atoms with Crippen LogP contribution in [0.4, 0.5) is 13.2 Å². The Hall–Kier alpha value is -2.13. The Morgan fingerprint density at radius 2 is 1.87 bits per heavy atom. The van der Waals surface area contributed by atoms with E-state index >= 15 is 0 Å². The summed E-state index contributed by atoms with van der Waals surface area (Å²) in [6.07, 6.45) is -3.51. The normalized spacial score (nSPS) is 12.0. The molecule has 0 saturated heterocycles. The molecule has 1 amide bonds. The molecule has 1 aromatic heterocycles. The summed E-state index contributed by atoms with van der Waals surface area (Å²) >= 11 is 5.58. The molecule has 5 nitrogen and oxygen atoms in total. The third kappa shape index (κ3) is 4.20. The van der Waals surface area contributed by atoms with Gasteiger partial charge in [0.05, 0.1) is 10.5 Å². The van der Waals surface area contributed by atoms with Crippen LogP contribution in [0.5, 0.6) is 0 Å². The number of pyridine rings is 1. The first-order valence-electron chi connectivity index (χ1n) is 5.95. The average Bonchev–Trinajstić information content (AvgIpc) is 2.46. The van der Waals surface area contributed by atoms with Crippen molar-refractivity contribution in [3.8, 4) is 0 Å². The molecular weight excluding hydrogens is 357 g/mol. The summed E-state index contributed by atoms with van der Waals surface area (Å²) in [5.74, 6) is -1.04. The molecule has 23 heavy (non-hydrogen) atoms. The van der Waals surface area contributed by atoms with E-state index in [9.17, 15) is 26.4 Å². The van der Waals surface area contributed by atoms with Crippen molar-refractivity contribution in [2.24, 2.45) is 0 Å². The Morgan fingerprint density at radius 3 is 2.48 bits per heavy atom. The lowest BCUT2D eigenvalue weighted by atomic mass is 10.2. The zero-order valence-electron chi connectivity index (χ0n) is 11.1. The van der Waals surface area contributed by atoms with Gasteiger partial charge in [0.15, 0.2) is 0 Å². The highest BCUT2D eigenvalue weighted by molar-refractivity contribution is 7.90. The van der Waals surface area contributed by atoms with Gasteiger partial charge in [0.2, 0.25) is 0 Å². The molecule has 0 aliphatic carbocycles. The van der Waals surface area contributed by atoms with Crippen LogP contribution in [-0.4, -0.2) is 19.3 Å². The predicted molar refractivity (Wildman–Crippen MR) is 75.3 cm³/mol. The third-order valence-corrected chi connectivity index (χ3v) is 4.22. The van der Waals surface area contributed by atoms with Gasteiger partial charge in [-0.1, -0.05) is 17.7 Å². The van der Waals surface area contributed by atoms with Crippen LogP contribution in [-0.2, 0) is 16.2 Å². The lowest BCUT2D eigenvalue weighted by Gasteiger charge is -2.10. The fraction of sp³-hybridized carbons (Fsp3) is 0.0769. The molecule has 0 atom stereocenters. The van der Waals surface area contributed by atoms with E-state index in [0.717, 1.165) is 24.3 Å². The number of halogens is 4. The van der Waals surface area contributed by atoms with Gasteiger partial charge < -0.3 is 0 Å². The summed E-state index contributed by atoms with van der Waals surface area (Å²) in [6, 6.07) is 5.38. The molecular formula is C13H8ClF3N2O3S. The van der Waals surface area contributed by atoms with Gasteiger partial charge in [-0.05, 0) is 30.3 Å². The van der Waals surface area contributed by atoms with E-state index in [1.165, 1.54) is 12.3 Å². The first-order valence-corrected chi connectivity index (χ1v) is 7.82. The Kier molecular flexibility index (Phi) is 4.62. The quantitative estimate of drug-likeness (QED) is 0.850. The lowest BCUT2D eigenvalue weighted by Crippen LogP contribution is -2.30. The highest BCUT2D eigenvalue weighted by atomic mass is 35.5. The second-order valence-corrected chi connectivity index (χ2v) is 6.40. The fourth-order valence-electron chi connectivity index (χ4n) is 1.62. The standard InChI is InChI=1S/C13H8ClF3N2O3S/c14-11-6-8(4-5-18-11)12(20)19-23(21,22)10-3-1-2-9(7-10)13(15,16)17/h1-7H,(H,19,20). The predicted octanol–water partition coefficient (Wildman–Crippen LogP) is 2.87. The Bertz CT molecular complexity index is 854. The number of benzene rings is 1. The Morgan fingerprint density at radius 1 is 1.17 bits per heavy atom. The molecule has 1 heterocycles. The maximum Gasteiger partial charge on any atom is 0.416 e. The molecule has 0 aliphatic rings. The van der Waals surface area contributed by atoms with Crippen LogP contribution in [0.2, 0.25) is 5.15 Å². The number of amides is 1. The van der Waals surface area contributed by atoms with Crippen molar-refractivity contribution < 1.29 is 26.4 Å². The largest absolute Gasteiger partial charge is 0.416 e. The molecule has 2 aromatic rings. The smallest absolute Gasteiger partial charge is 0.268 e. The Labute approximate surface area is 134 Å². The van der Waals surface area contributed by atoms with E-state index in [4.69, 9.17) is 11.6 Å². The van der Waals surface area contributed by atoms with Gasteiger partial charge in [-0.3, -0.25) is 4.79 Å². The van der Waals surface area contributed by atoms with Crippen molar-refractivity contribution >= 4 is 27.5 Å². The Balaban J connectivity index is 2.31. The van der Waals surface area contributed by atoms with Crippen LogP contribution in [0.25, 0.3) is 0 Å². The molecule has 0 bridgehead atoms. The maximum atomic E-state index is 12.6. The molecule has 0 spiro atoms. The average molecular weight is 365 g/mol. The zero-order chi connectivity index (χ0) is 17.3. The van der Waals surface area contributed by atoms with Crippen LogP contribution in [0, 0.1) is 0 Å². The van der Waals surface area contributed by atoms with Crippen molar-refractivity contribution in [2.75, 3.05) is 0 Å². The summed E-state index contributed by atoms with van der Waals surface area (Å²) in [5, 5.41) is -0.0332. The number of nitrogens with zero attached hydrogens (tertiary/aromatic N) is 1. The number of sulfonamides is 1. The number of aromatic nitrogens is 1. The fourth-order valence-corrected chi connectivity index (χ4v) is 2.82. The van der Waals surface area contributed by atoms with Gasteiger partial charge in [0, 0.05) is 11.8 Å². The van der Waals surface area contributed by atoms with Crippen molar-refractivity contribution in [1.29, 1.82) is 0 Å². The SMILES string of the molecule is O=C(NS(=O)(=O)c1cccc(C(F)(F)F)c1)c1ccnc(Cl)c1. The highest BCUT2D eigenvalue weighted by Gasteiger charge is 2.32. The number of nitrogens with one attached hydrogen (secondary N) is 1. The van der Waals surface area contributed by atoms with E-state index in [-0.39, 0.29) is 10.7 Å². The van der Waals surface area contributed by atoms with Gasteiger partial charge in [0.1, 0.15) is 5.15 Å². The molecule has 0 radical (unpaired) electrons. The van der Waals surface area contributed by atoms with Gasteiger partial charge in [-0.25, -0.2) is 18.1 Å². The van der Waals surface area contributed by atoms with E-state index in [2.05, 4.69) is 4.98 Å². The number of rotatable bonds is 3. The first-order chi connectivity index (χ1) is 10.6. The molecule has 2 rings (SSSR count). The summed E-state index contributed by atoms with van der Waals surface area (Å²) in [4.78, 5) is 14.8. The van der Waals surface area contributed by atoms with Gasteiger partial charge >= 0.3 is 6.18 Å². The molecule has 0 saturated carbocycles. The molecule has 0 aliphatic heterocycles. The van der Waals surface area contributed by atoms with Gasteiger partial charge in [-0.2, -0.15) is 13.2 Å². The summed E-state index contributed by atoms with van der Waals surface area (Å²) in [6.45, 7) is 0. The molecule has 10 heteroatoms. The summed E-state index contributed by atoms with van der Waals surface area (Å²) in [7, 11) is -4.47. The van der Waals surface area contributed by atoms with Gasteiger partial charge in [0.25, 0.3) is 15.9 Å². The van der Waals surface area contributed by atoms with E-state index < -0.39 is 32.6 Å². The molecule has 122 valence electrons. The van der Waals surface area contributed by atoms with Crippen LogP contribution in [0.15, 0.2) is 47.5 Å². The topological polar surface area (TPSA) is 76.1 Å². The lowest BCUT2D eigenvalue weighted by molar-refractivity contribution is -0.137. The van der Waals surface area contributed by atoms with E-state index in [1.807, 2.05) is 0 Å².